The lowest BCUT2D eigenvalue weighted by Crippen LogP contribution is -2.33. The van der Waals surface area contributed by atoms with Crippen molar-refractivity contribution in [3.8, 4) is 0 Å². The lowest BCUT2D eigenvalue weighted by Gasteiger charge is -2.28. The van der Waals surface area contributed by atoms with Gasteiger partial charge in [-0.15, -0.1) is 0 Å². The largest absolute Gasteiger partial charge is 0.345 e. The van der Waals surface area contributed by atoms with Crippen molar-refractivity contribution in [2.24, 2.45) is 0 Å². The number of benzene rings is 2. The summed E-state index contributed by atoms with van der Waals surface area (Å²) in [5, 5.41) is 14.2. The summed E-state index contributed by atoms with van der Waals surface area (Å²) in [6, 6.07) is 10.4. The van der Waals surface area contributed by atoms with E-state index >= 15 is 0 Å². The fourth-order valence-electron chi connectivity index (χ4n) is 2.08. The molecule has 0 spiro atoms. The summed E-state index contributed by atoms with van der Waals surface area (Å²) in [5.74, 6) is -0.508. The predicted octanol–water partition coefficient (Wildman–Crippen LogP) is 4.78. The third kappa shape index (κ3) is 4.18. The van der Waals surface area contributed by atoms with Crippen LogP contribution in [0.15, 0.2) is 42.5 Å². The van der Waals surface area contributed by atoms with E-state index in [4.69, 9.17) is 23.8 Å². The van der Waals surface area contributed by atoms with Crippen LogP contribution in [0.25, 0.3) is 0 Å². The summed E-state index contributed by atoms with van der Waals surface area (Å²) >= 11 is 11.1. The van der Waals surface area contributed by atoms with Gasteiger partial charge in [0.25, 0.3) is 5.69 Å². The first-order chi connectivity index (χ1) is 11.3. The molecule has 0 heterocycles. The lowest BCUT2D eigenvalue weighted by molar-refractivity contribution is -0.384. The minimum atomic E-state index is -0.508. The molecule has 0 radical (unpaired) electrons. The molecule has 0 unspecified atom stereocenters. The van der Waals surface area contributed by atoms with Crippen molar-refractivity contribution < 1.29 is 9.31 Å². The normalized spacial score (nSPS) is 11.7. The molecule has 0 fully saturated rings. The number of thiocarbonyl (C=S) groups is 1. The molecule has 0 aliphatic heterocycles. The Bertz CT molecular complexity index is 788. The van der Waals surface area contributed by atoms with E-state index in [0.717, 1.165) is 5.56 Å². The van der Waals surface area contributed by atoms with E-state index in [-0.39, 0.29) is 16.8 Å². The molecule has 0 saturated heterocycles. The summed E-state index contributed by atoms with van der Waals surface area (Å²) < 4.78 is 13.2. The molecule has 8 heteroatoms. The minimum Gasteiger partial charge on any atom is -0.345 e. The Morgan fingerprint density at radius 1 is 1.38 bits per heavy atom. The van der Waals surface area contributed by atoms with Gasteiger partial charge >= 0.3 is 0 Å². The van der Waals surface area contributed by atoms with Crippen molar-refractivity contribution in [3.05, 3.63) is 69.0 Å². The standard InChI is InChI=1S/C16H15ClFN3O2S/c1-10(11-4-3-5-13(8-11)21(22)23)20(2)16(24)19-12-6-7-15(18)14(17)9-12/h3-10H,1-2H3,(H,19,24)/t10-/m0/s1. The molecule has 2 rings (SSSR count). The van der Waals surface area contributed by atoms with Gasteiger partial charge in [0.05, 0.1) is 16.0 Å². The topological polar surface area (TPSA) is 58.4 Å². The molecule has 0 aromatic heterocycles. The molecular weight excluding hydrogens is 353 g/mol. The van der Waals surface area contributed by atoms with Crippen molar-refractivity contribution in [2.75, 3.05) is 12.4 Å². The van der Waals surface area contributed by atoms with Crippen LogP contribution in [-0.4, -0.2) is 22.0 Å². The summed E-state index contributed by atoms with van der Waals surface area (Å²) in [6.07, 6.45) is 0. The van der Waals surface area contributed by atoms with E-state index in [9.17, 15) is 14.5 Å². The third-order valence-corrected chi connectivity index (χ3v) is 4.32. The second-order valence-electron chi connectivity index (χ2n) is 5.20. The van der Waals surface area contributed by atoms with Crippen molar-refractivity contribution in [1.82, 2.24) is 4.90 Å². The Balaban J connectivity index is 2.13. The first-order valence-electron chi connectivity index (χ1n) is 7.03. The second-order valence-corrected chi connectivity index (χ2v) is 5.99. The number of nitrogens with one attached hydrogen (secondary N) is 1. The zero-order valence-electron chi connectivity index (χ0n) is 13.0. The summed E-state index contributed by atoms with van der Waals surface area (Å²) in [5.41, 5.74) is 1.34. The van der Waals surface area contributed by atoms with Gasteiger partial charge in [0.2, 0.25) is 0 Å². The SMILES string of the molecule is C[C@@H](c1cccc([N+](=O)[O-])c1)N(C)C(=S)Nc1ccc(F)c(Cl)c1. The molecule has 1 atom stereocenters. The number of anilines is 1. The fourth-order valence-corrected chi connectivity index (χ4v) is 2.54. The molecule has 2 aromatic rings. The molecule has 0 amide bonds. The van der Waals surface area contributed by atoms with E-state index in [1.165, 1.54) is 30.3 Å². The first-order valence-corrected chi connectivity index (χ1v) is 7.81. The Kier molecular flexibility index (Phi) is 5.69. The molecule has 0 aliphatic rings. The summed E-state index contributed by atoms with van der Waals surface area (Å²) in [7, 11) is 1.77. The molecule has 126 valence electrons. The lowest BCUT2D eigenvalue weighted by atomic mass is 10.1. The number of halogens is 2. The van der Waals surface area contributed by atoms with Crippen molar-refractivity contribution in [1.29, 1.82) is 0 Å². The molecule has 0 bridgehead atoms. The van der Waals surface area contributed by atoms with Crippen LogP contribution in [0.1, 0.15) is 18.5 Å². The number of nitro benzene ring substituents is 1. The van der Waals surface area contributed by atoms with Crippen molar-refractivity contribution in [3.63, 3.8) is 0 Å². The van der Waals surface area contributed by atoms with Crippen molar-refractivity contribution in [2.45, 2.75) is 13.0 Å². The maximum absolute atomic E-state index is 13.2. The van der Waals surface area contributed by atoms with Gasteiger partial charge in [-0.05, 0) is 42.9 Å². The Morgan fingerprint density at radius 2 is 2.08 bits per heavy atom. The van der Waals surface area contributed by atoms with Gasteiger partial charge in [-0.2, -0.15) is 0 Å². The maximum Gasteiger partial charge on any atom is 0.269 e. The molecule has 2 aromatic carbocycles. The monoisotopic (exact) mass is 367 g/mol. The van der Waals surface area contributed by atoms with Crippen molar-refractivity contribution >= 4 is 40.3 Å². The highest BCUT2D eigenvalue weighted by atomic mass is 35.5. The van der Waals surface area contributed by atoms with Gasteiger partial charge < -0.3 is 10.2 Å². The molecule has 0 aliphatic carbocycles. The number of non-ortho nitro benzene ring substituents is 1. The highest BCUT2D eigenvalue weighted by molar-refractivity contribution is 7.80. The zero-order chi connectivity index (χ0) is 17.9. The van der Waals surface area contributed by atoms with Crippen LogP contribution in [0.5, 0.6) is 0 Å². The van der Waals surface area contributed by atoms with E-state index < -0.39 is 10.7 Å². The molecular formula is C16H15ClFN3O2S. The first kappa shape index (κ1) is 18.1. The van der Waals surface area contributed by atoms with Gasteiger partial charge in [0, 0.05) is 24.9 Å². The van der Waals surface area contributed by atoms with Gasteiger partial charge in [0.1, 0.15) is 5.82 Å². The van der Waals surface area contributed by atoms with E-state index in [1.807, 2.05) is 6.92 Å². The van der Waals surface area contributed by atoms with Crippen LogP contribution in [0.2, 0.25) is 5.02 Å². The average molecular weight is 368 g/mol. The summed E-state index contributed by atoms with van der Waals surface area (Å²) in [4.78, 5) is 12.2. The average Bonchev–Trinajstić information content (AvgIpc) is 2.56. The second kappa shape index (κ2) is 7.55. The Labute approximate surface area is 149 Å². The smallest absolute Gasteiger partial charge is 0.269 e. The van der Waals surface area contributed by atoms with Crippen LogP contribution in [-0.2, 0) is 0 Å². The highest BCUT2D eigenvalue weighted by Crippen LogP contribution is 2.24. The zero-order valence-corrected chi connectivity index (χ0v) is 14.6. The number of hydrogen-bond acceptors (Lipinski definition) is 3. The third-order valence-electron chi connectivity index (χ3n) is 3.64. The van der Waals surface area contributed by atoms with Crippen LogP contribution in [0.3, 0.4) is 0 Å². The molecule has 5 nitrogen and oxygen atoms in total. The maximum atomic E-state index is 13.2. The Hall–Kier alpha value is -2.25. The summed E-state index contributed by atoms with van der Waals surface area (Å²) in [6.45, 7) is 1.88. The van der Waals surface area contributed by atoms with Crippen LogP contribution < -0.4 is 5.32 Å². The molecule has 0 saturated carbocycles. The number of rotatable bonds is 4. The number of nitrogens with zero attached hydrogens (tertiary/aromatic N) is 2. The Morgan fingerprint density at radius 3 is 2.71 bits per heavy atom. The number of nitro groups is 1. The molecule has 24 heavy (non-hydrogen) atoms. The van der Waals surface area contributed by atoms with E-state index in [0.29, 0.717) is 10.8 Å². The minimum absolute atomic E-state index is 0.00261. The van der Waals surface area contributed by atoms with Gasteiger partial charge in [-0.3, -0.25) is 10.1 Å². The fraction of sp³-hybridized carbons (Fsp3) is 0.188. The van der Waals surface area contributed by atoms with Gasteiger partial charge in [-0.1, -0.05) is 23.7 Å². The van der Waals surface area contributed by atoms with Crippen LogP contribution >= 0.6 is 23.8 Å². The van der Waals surface area contributed by atoms with Crippen LogP contribution in [0.4, 0.5) is 15.8 Å². The van der Waals surface area contributed by atoms with E-state index in [2.05, 4.69) is 5.32 Å². The van der Waals surface area contributed by atoms with Gasteiger partial charge in [-0.25, -0.2) is 4.39 Å². The number of hydrogen-bond donors (Lipinski definition) is 1. The predicted molar refractivity (Wildman–Crippen MR) is 96.9 cm³/mol. The van der Waals surface area contributed by atoms with Gasteiger partial charge in [0.15, 0.2) is 5.11 Å². The molecule has 1 N–H and O–H groups in total. The quantitative estimate of drug-likeness (QED) is 0.479. The van der Waals surface area contributed by atoms with Crippen LogP contribution in [0, 0.1) is 15.9 Å². The van der Waals surface area contributed by atoms with E-state index in [1.54, 1.807) is 24.1 Å². The highest BCUT2D eigenvalue weighted by Gasteiger charge is 2.17.